The summed E-state index contributed by atoms with van der Waals surface area (Å²) in [5.41, 5.74) is 5.37. The molecule has 0 radical (unpaired) electrons. The van der Waals surface area contributed by atoms with Crippen LogP contribution >= 0.6 is 0 Å². The minimum atomic E-state index is -3.29. The molecule has 7 heteroatoms. The Morgan fingerprint density at radius 1 is 0.914 bits per heavy atom. The number of sulfone groups is 1. The number of anilines is 2. The van der Waals surface area contributed by atoms with E-state index in [-0.39, 0.29) is 22.8 Å². The molecule has 1 heterocycles. The van der Waals surface area contributed by atoms with Gasteiger partial charge in [0, 0.05) is 26.1 Å². The van der Waals surface area contributed by atoms with E-state index in [4.69, 9.17) is 0 Å². The molecule has 35 heavy (non-hydrogen) atoms. The topological polar surface area (TPSA) is 74.8 Å². The first kappa shape index (κ1) is 24.7. The fraction of sp³-hybridized carbons (Fsp3) is 0.286. The summed E-state index contributed by atoms with van der Waals surface area (Å²) in [5.74, 6) is -0.0674. The number of hydrogen-bond donors (Lipinski definition) is 0. The van der Waals surface area contributed by atoms with Crippen molar-refractivity contribution in [2.24, 2.45) is 0 Å². The first-order valence-electron chi connectivity index (χ1n) is 11.6. The van der Waals surface area contributed by atoms with E-state index in [0.717, 1.165) is 16.7 Å². The second-order valence-electron chi connectivity index (χ2n) is 9.23. The Kier molecular flexibility index (Phi) is 6.81. The van der Waals surface area contributed by atoms with Crippen molar-refractivity contribution < 1.29 is 18.0 Å². The largest absolute Gasteiger partial charge is 0.308 e. The average molecular weight is 491 g/mol. The molecule has 3 aromatic rings. The van der Waals surface area contributed by atoms with E-state index in [1.165, 1.54) is 18.7 Å². The number of aryl methyl sites for hydroxylation is 2. The molecule has 0 fully saturated rings. The van der Waals surface area contributed by atoms with Crippen molar-refractivity contribution in [3.8, 4) is 11.1 Å². The van der Waals surface area contributed by atoms with Gasteiger partial charge >= 0.3 is 0 Å². The summed E-state index contributed by atoms with van der Waals surface area (Å²) in [7, 11) is -3.29. The zero-order chi connectivity index (χ0) is 25.3. The van der Waals surface area contributed by atoms with E-state index in [0.29, 0.717) is 30.8 Å². The summed E-state index contributed by atoms with van der Waals surface area (Å²) in [4.78, 5) is 29.6. The smallest absolute Gasteiger partial charge is 0.227 e. The van der Waals surface area contributed by atoms with Gasteiger partial charge in [0.05, 0.1) is 22.3 Å². The second kappa shape index (κ2) is 9.66. The summed E-state index contributed by atoms with van der Waals surface area (Å²) in [5, 5.41) is 0. The van der Waals surface area contributed by atoms with Gasteiger partial charge in [0.15, 0.2) is 9.84 Å². The Labute approximate surface area is 207 Å². The van der Waals surface area contributed by atoms with E-state index in [1.54, 1.807) is 34.1 Å². The van der Waals surface area contributed by atoms with Crippen molar-refractivity contribution in [2.75, 3.05) is 22.6 Å². The Morgan fingerprint density at radius 3 is 2.14 bits per heavy atom. The number of carbonyl (C=O) groups is 2. The lowest BCUT2D eigenvalue weighted by Crippen LogP contribution is -2.51. The summed E-state index contributed by atoms with van der Waals surface area (Å²) in [6, 6.07) is 20.4. The highest BCUT2D eigenvalue weighted by molar-refractivity contribution is 7.90. The van der Waals surface area contributed by atoms with Crippen LogP contribution < -0.4 is 9.80 Å². The summed E-state index contributed by atoms with van der Waals surface area (Å²) in [6.45, 7) is 5.93. The van der Waals surface area contributed by atoms with Gasteiger partial charge in [-0.2, -0.15) is 0 Å². The number of fused-ring (bicyclic) bond motifs is 1. The lowest BCUT2D eigenvalue weighted by Gasteiger charge is -2.41. The molecule has 0 saturated heterocycles. The van der Waals surface area contributed by atoms with E-state index in [9.17, 15) is 18.0 Å². The highest BCUT2D eigenvalue weighted by Gasteiger charge is 2.33. The van der Waals surface area contributed by atoms with Gasteiger partial charge in [0.2, 0.25) is 11.8 Å². The molecule has 0 spiro atoms. The zero-order valence-electron chi connectivity index (χ0n) is 20.5. The molecular weight excluding hydrogens is 460 g/mol. The molecule has 6 nitrogen and oxygen atoms in total. The molecule has 2 amide bonds. The van der Waals surface area contributed by atoms with Crippen molar-refractivity contribution in [3.05, 3.63) is 77.9 Å². The van der Waals surface area contributed by atoms with Crippen molar-refractivity contribution in [2.45, 2.75) is 44.6 Å². The minimum Gasteiger partial charge on any atom is -0.308 e. The summed E-state index contributed by atoms with van der Waals surface area (Å²) >= 11 is 0. The Morgan fingerprint density at radius 2 is 1.54 bits per heavy atom. The van der Waals surface area contributed by atoms with Crippen LogP contribution in [0.3, 0.4) is 0 Å². The molecule has 0 N–H and O–H groups in total. The predicted octanol–water partition coefficient (Wildman–Crippen LogP) is 4.79. The molecule has 0 bridgehead atoms. The van der Waals surface area contributed by atoms with Crippen LogP contribution in [0.2, 0.25) is 0 Å². The molecule has 0 saturated carbocycles. The average Bonchev–Trinajstić information content (AvgIpc) is 2.82. The number of carbonyl (C=O) groups excluding carboxylic acids is 2. The van der Waals surface area contributed by atoms with Crippen LogP contribution in [0.1, 0.15) is 31.4 Å². The molecule has 3 aromatic carbocycles. The highest BCUT2D eigenvalue weighted by atomic mass is 32.2. The van der Waals surface area contributed by atoms with E-state index < -0.39 is 9.84 Å². The lowest BCUT2D eigenvalue weighted by molar-refractivity contribution is -0.120. The zero-order valence-corrected chi connectivity index (χ0v) is 21.3. The van der Waals surface area contributed by atoms with Gasteiger partial charge in [-0.3, -0.25) is 9.59 Å². The van der Waals surface area contributed by atoms with Crippen LogP contribution in [0.25, 0.3) is 11.1 Å². The molecule has 0 aliphatic carbocycles. The standard InChI is InChI=1S/C28H30N2O4S/c1-19-5-7-22(8-6-19)9-16-28(32)29-18-20(2)30(21(3)31)26-15-12-24(17-27(26)29)23-10-13-25(14-11-23)35(4,33)34/h5-8,10-15,17,20H,9,16,18H2,1-4H3/t20-/m0/s1. The monoisotopic (exact) mass is 490 g/mol. The first-order chi connectivity index (χ1) is 16.5. The van der Waals surface area contributed by atoms with Crippen molar-refractivity contribution in [1.29, 1.82) is 0 Å². The number of nitrogens with zero attached hydrogens (tertiary/aromatic N) is 2. The molecular formula is C28H30N2O4S. The van der Waals surface area contributed by atoms with Crippen molar-refractivity contribution >= 4 is 33.0 Å². The van der Waals surface area contributed by atoms with Gasteiger partial charge in [0.1, 0.15) is 0 Å². The fourth-order valence-corrected chi connectivity index (χ4v) is 5.19. The first-order valence-corrected chi connectivity index (χ1v) is 13.5. The predicted molar refractivity (Wildman–Crippen MR) is 139 cm³/mol. The Hall–Kier alpha value is -3.45. The van der Waals surface area contributed by atoms with Crippen molar-refractivity contribution in [1.82, 2.24) is 0 Å². The minimum absolute atomic E-state index is 0.00597. The summed E-state index contributed by atoms with van der Waals surface area (Å²) in [6.07, 6.45) is 2.18. The van der Waals surface area contributed by atoms with Gasteiger partial charge in [0.25, 0.3) is 0 Å². The van der Waals surface area contributed by atoms with E-state index >= 15 is 0 Å². The third kappa shape index (κ3) is 5.30. The number of amides is 2. The maximum absolute atomic E-state index is 13.4. The summed E-state index contributed by atoms with van der Waals surface area (Å²) < 4.78 is 23.6. The van der Waals surface area contributed by atoms with Crippen LogP contribution in [0, 0.1) is 6.92 Å². The maximum Gasteiger partial charge on any atom is 0.227 e. The molecule has 1 aliphatic heterocycles. The lowest BCUT2D eigenvalue weighted by atomic mass is 10.00. The number of benzene rings is 3. The molecule has 1 aliphatic rings. The molecule has 1 atom stereocenters. The normalized spacial score (nSPS) is 15.6. The third-order valence-electron chi connectivity index (χ3n) is 6.42. The van der Waals surface area contributed by atoms with Crippen LogP contribution in [-0.2, 0) is 25.8 Å². The van der Waals surface area contributed by atoms with E-state index in [2.05, 4.69) is 0 Å². The Balaban J connectivity index is 1.68. The molecule has 4 rings (SSSR count). The molecule has 0 unspecified atom stereocenters. The van der Waals surface area contributed by atoms with Crippen LogP contribution in [0.5, 0.6) is 0 Å². The second-order valence-corrected chi connectivity index (χ2v) is 11.2. The highest BCUT2D eigenvalue weighted by Crippen LogP contribution is 2.39. The van der Waals surface area contributed by atoms with Gasteiger partial charge in [-0.25, -0.2) is 8.42 Å². The van der Waals surface area contributed by atoms with Gasteiger partial charge < -0.3 is 9.80 Å². The quantitative estimate of drug-likeness (QED) is 0.516. The van der Waals surface area contributed by atoms with Crippen molar-refractivity contribution in [3.63, 3.8) is 0 Å². The maximum atomic E-state index is 13.4. The van der Waals surface area contributed by atoms with E-state index in [1.807, 2.05) is 56.3 Å². The fourth-order valence-electron chi connectivity index (χ4n) is 4.56. The van der Waals surface area contributed by atoms with Gasteiger partial charge in [-0.1, -0.05) is 48.0 Å². The number of hydrogen-bond acceptors (Lipinski definition) is 4. The Bertz CT molecular complexity index is 1360. The number of rotatable bonds is 5. The SMILES string of the molecule is CC(=O)N1c2ccc(-c3ccc(S(C)(=O)=O)cc3)cc2N(C(=O)CCc2ccc(C)cc2)C[C@@H]1C. The van der Waals surface area contributed by atoms with Gasteiger partial charge in [-0.15, -0.1) is 0 Å². The molecule has 0 aromatic heterocycles. The van der Waals surface area contributed by atoms with Crippen LogP contribution in [0.15, 0.2) is 71.6 Å². The van der Waals surface area contributed by atoms with Crippen LogP contribution in [-0.4, -0.2) is 39.1 Å². The third-order valence-corrected chi connectivity index (χ3v) is 7.55. The molecule has 182 valence electrons. The van der Waals surface area contributed by atoms with Crippen LogP contribution in [0.4, 0.5) is 11.4 Å². The van der Waals surface area contributed by atoms with Gasteiger partial charge in [-0.05, 0) is 61.2 Å².